The molecule has 1 N–H and O–H groups in total. The summed E-state index contributed by atoms with van der Waals surface area (Å²) >= 11 is 2.06. The highest BCUT2D eigenvalue weighted by Gasteiger charge is 2.20. The van der Waals surface area contributed by atoms with E-state index >= 15 is 0 Å². The summed E-state index contributed by atoms with van der Waals surface area (Å²) in [5.41, 5.74) is 1.10. The van der Waals surface area contributed by atoms with Crippen LogP contribution in [-0.2, 0) is 0 Å². The number of hydrogen-bond donors (Lipinski definition) is 1. The maximum Gasteiger partial charge on any atom is 0.123 e. The van der Waals surface area contributed by atoms with Gasteiger partial charge >= 0.3 is 0 Å². The van der Waals surface area contributed by atoms with Gasteiger partial charge in [0.15, 0.2) is 0 Å². The van der Waals surface area contributed by atoms with Crippen LogP contribution in [0.25, 0.3) is 0 Å². The highest BCUT2D eigenvalue weighted by atomic mass is 32.2. The van der Waals surface area contributed by atoms with Gasteiger partial charge in [0.1, 0.15) is 5.82 Å². The second kappa shape index (κ2) is 7.91. The van der Waals surface area contributed by atoms with Crippen LogP contribution in [0.1, 0.15) is 44.2 Å². The van der Waals surface area contributed by atoms with E-state index in [0.717, 1.165) is 30.9 Å². The maximum atomic E-state index is 13.4. The van der Waals surface area contributed by atoms with Gasteiger partial charge in [0, 0.05) is 6.04 Å². The van der Waals surface area contributed by atoms with Crippen molar-refractivity contribution in [2.45, 2.75) is 38.6 Å². The quantitative estimate of drug-likeness (QED) is 0.829. The maximum absolute atomic E-state index is 13.4. The van der Waals surface area contributed by atoms with E-state index in [0.29, 0.717) is 6.04 Å². The van der Waals surface area contributed by atoms with Gasteiger partial charge in [-0.2, -0.15) is 11.8 Å². The van der Waals surface area contributed by atoms with Crippen molar-refractivity contribution in [2.75, 3.05) is 18.1 Å². The third kappa shape index (κ3) is 4.81. The summed E-state index contributed by atoms with van der Waals surface area (Å²) < 4.78 is 13.4. The minimum Gasteiger partial charge on any atom is -0.310 e. The molecule has 1 saturated heterocycles. The molecule has 3 heteroatoms. The van der Waals surface area contributed by atoms with E-state index in [1.54, 1.807) is 6.07 Å². The fourth-order valence-electron chi connectivity index (χ4n) is 2.69. The number of nitrogens with one attached hydrogen (secondary N) is 1. The molecule has 0 spiro atoms. The van der Waals surface area contributed by atoms with E-state index < -0.39 is 0 Å². The lowest BCUT2D eigenvalue weighted by Gasteiger charge is -2.27. The Morgan fingerprint density at radius 3 is 2.84 bits per heavy atom. The van der Waals surface area contributed by atoms with Crippen molar-refractivity contribution in [1.29, 1.82) is 0 Å². The van der Waals surface area contributed by atoms with Crippen LogP contribution in [0.2, 0.25) is 0 Å². The zero-order chi connectivity index (χ0) is 13.5. The van der Waals surface area contributed by atoms with E-state index in [9.17, 15) is 4.39 Å². The van der Waals surface area contributed by atoms with Crippen LogP contribution in [-0.4, -0.2) is 18.1 Å². The number of halogens is 1. The Balaban J connectivity index is 2.01. The molecule has 1 aliphatic heterocycles. The molecule has 106 valence electrons. The minimum absolute atomic E-state index is 0.125. The van der Waals surface area contributed by atoms with Gasteiger partial charge in [-0.1, -0.05) is 19.1 Å². The zero-order valence-corrected chi connectivity index (χ0v) is 12.5. The van der Waals surface area contributed by atoms with E-state index in [4.69, 9.17) is 0 Å². The zero-order valence-electron chi connectivity index (χ0n) is 11.7. The number of hydrogen-bond acceptors (Lipinski definition) is 2. The number of rotatable bonds is 6. The van der Waals surface area contributed by atoms with Gasteiger partial charge in [-0.15, -0.1) is 0 Å². The van der Waals surface area contributed by atoms with Gasteiger partial charge in [0.2, 0.25) is 0 Å². The molecule has 1 aliphatic rings. The molecule has 0 aromatic heterocycles. The van der Waals surface area contributed by atoms with Crippen molar-refractivity contribution in [3.05, 3.63) is 35.6 Å². The van der Waals surface area contributed by atoms with E-state index in [1.807, 2.05) is 12.1 Å². The Kier molecular flexibility index (Phi) is 6.18. The van der Waals surface area contributed by atoms with Crippen LogP contribution in [0.4, 0.5) is 4.39 Å². The van der Waals surface area contributed by atoms with Crippen LogP contribution in [0.3, 0.4) is 0 Å². The molecule has 0 saturated carbocycles. The van der Waals surface area contributed by atoms with Crippen molar-refractivity contribution in [3.8, 4) is 0 Å². The van der Waals surface area contributed by atoms with E-state index in [2.05, 4.69) is 24.0 Å². The predicted molar refractivity (Wildman–Crippen MR) is 82.1 cm³/mol. The van der Waals surface area contributed by atoms with E-state index in [-0.39, 0.29) is 5.82 Å². The standard InChI is InChI=1S/C16H24FNS/c1-2-8-18-16(11-13-6-9-19-10-7-13)14-4-3-5-15(17)12-14/h3-5,12-13,16,18H,2,6-11H2,1H3. The average Bonchev–Trinajstić information content (AvgIpc) is 2.44. The largest absolute Gasteiger partial charge is 0.310 e. The lowest BCUT2D eigenvalue weighted by Crippen LogP contribution is -2.26. The molecule has 1 heterocycles. The molecule has 19 heavy (non-hydrogen) atoms. The Labute approximate surface area is 120 Å². The van der Waals surface area contributed by atoms with Gasteiger partial charge in [0.25, 0.3) is 0 Å². The van der Waals surface area contributed by atoms with Crippen molar-refractivity contribution in [3.63, 3.8) is 0 Å². The first-order chi connectivity index (χ1) is 9.29. The Bertz CT molecular complexity index is 377. The Hall–Kier alpha value is -0.540. The summed E-state index contributed by atoms with van der Waals surface area (Å²) in [7, 11) is 0. The summed E-state index contributed by atoms with van der Waals surface area (Å²) in [6, 6.07) is 7.39. The molecule has 1 aromatic rings. The van der Waals surface area contributed by atoms with Crippen molar-refractivity contribution < 1.29 is 4.39 Å². The van der Waals surface area contributed by atoms with Gasteiger partial charge in [-0.25, -0.2) is 4.39 Å². The molecule has 2 rings (SSSR count). The summed E-state index contributed by atoms with van der Waals surface area (Å²) in [6.07, 6.45) is 4.88. The van der Waals surface area contributed by atoms with E-state index in [1.165, 1.54) is 30.4 Å². The highest BCUT2D eigenvalue weighted by molar-refractivity contribution is 7.99. The number of thioether (sulfide) groups is 1. The normalized spacial score (nSPS) is 18.4. The van der Waals surface area contributed by atoms with Gasteiger partial charge in [0.05, 0.1) is 0 Å². The van der Waals surface area contributed by atoms with Crippen LogP contribution in [0, 0.1) is 11.7 Å². The summed E-state index contributed by atoms with van der Waals surface area (Å²) in [5, 5.41) is 3.59. The van der Waals surface area contributed by atoms with Crippen LogP contribution in [0.5, 0.6) is 0 Å². The molecule has 1 fully saturated rings. The van der Waals surface area contributed by atoms with Crippen molar-refractivity contribution in [2.24, 2.45) is 5.92 Å². The molecule has 1 aromatic carbocycles. The molecule has 0 bridgehead atoms. The second-order valence-corrected chi connectivity index (χ2v) is 6.58. The van der Waals surface area contributed by atoms with Gasteiger partial charge in [-0.3, -0.25) is 0 Å². The molecular weight excluding hydrogens is 257 g/mol. The first-order valence-electron chi connectivity index (χ1n) is 7.36. The van der Waals surface area contributed by atoms with Gasteiger partial charge in [-0.05, 0) is 67.3 Å². The smallest absolute Gasteiger partial charge is 0.123 e. The second-order valence-electron chi connectivity index (χ2n) is 5.35. The highest BCUT2D eigenvalue weighted by Crippen LogP contribution is 2.31. The fraction of sp³-hybridized carbons (Fsp3) is 0.625. The third-order valence-electron chi connectivity index (χ3n) is 3.80. The average molecular weight is 281 g/mol. The first-order valence-corrected chi connectivity index (χ1v) is 8.51. The molecule has 0 amide bonds. The SMILES string of the molecule is CCCNC(CC1CCSCC1)c1cccc(F)c1. The molecule has 1 unspecified atom stereocenters. The third-order valence-corrected chi connectivity index (χ3v) is 4.85. The lowest BCUT2D eigenvalue weighted by atomic mass is 9.90. The topological polar surface area (TPSA) is 12.0 Å². The van der Waals surface area contributed by atoms with Crippen molar-refractivity contribution in [1.82, 2.24) is 5.32 Å². The summed E-state index contributed by atoms with van der Waals surface area (Å²) in [5.74, 6) is 3.24. The predicted octanol–water partition coefficient (Wildman–Crippen LogP) is 4.40. The number of benzene rings is 1. The lowest BCUT2D eigenvalue weighted by molar-refractivity contribution is 0.369. The molecule has 0 radical (unpaired) electrons. The summed E-state index contributed by atoms with van der Waals surface area (Å²) in [6.45, 7) is 3.18. The molecular formula is C16H24FNS. The molecule has 1 atom stereocenters. The Morgan fingerprint density at radius 2 is 2.16 bits per heavy atom. The van der Waals surface area contributed by atoms with Crippen molar-refractivity contribution >= 4 is 11.8 Å². The van der Waals surface area contributed by atoms with Crippen LogP contribution in [0.15, 0.2) is 24.3 Å². The Morgan fingerprint density at radius 1 is 1.37 bits per heavy atom. The first kappa shape index (κ1) is 14.9. The minimum atomic E-state index is -0.125. The molecule has 1 nitrogen and oxygen atoms in total. The molecule has 0 aliphatic carbocycles. The van der Waals surface area contributed by atoms with Crippen LogP contribution >= 0.6 is 11.8 Å². The monoisotopic (exact) mass is 281 g/mol. The summed E-state index contributed by atoms with van der Waals surface area (Å²) in [4.78, 5) is 0. The fourth-order valence-corrected chi connectivity index (χ4v) is 3.90. The van der Waals surface area contributed by atoms with Crippen LogP contribution < -0.4 is 5.32 Å². The van der Waals surface area contributed by atoms with Gasteiger partial charge < -0.3 is 5.32 Å².